The molecule has 0 spiro atoms. The van der Waals surface area contributed by atoms with E-state index in [1.165, 1.54) is 12.1 Å². The second-order valence-electron chi connectivity index (χ2n) is 12.6. The molecule has 0 bridgehead atoms. The zero-order valence-corrected chi connectivity index (χ0v) is 27.7. The minimum atomic E-state index is -4.48. The zero-order valence-electron chi connectivity index (χ0n) is 27.7. The molecule has 49 heavy (non-hydrogen) atoms. The molecule has 3 atom stereocenters. The highest BCUT2D eigenvalue weighted by atomic mass is 19.4. The Kier molecular flexibility index (Phi) is 11.3. The van der Waals surface area contributed by atoms with Crippen LogP contribution >= 0.6 is 0 Å². The number of hydrogen-bond donors (Lipinski definition) is 3. The Morgan fingerprint density at radius 2 is 1.59 bits per heavy atom. The van der Waals surface area contributed by atoms with Gasteiger partial charge in [-0.1, -0.05) is 61.5 Å². The van der Waals surface area contributed by atoms with Crippen molar-refractivity contribution in [3.63, 3.8) is 0 Å². The quantitative estimate of drug-likeness (QED) is 0.173. The van der Waals surface area contributed by atoms with Gasteiger partial charge in [0.25, 0.3) is 0 Å². The monoisotopic (exact) mass is 674 g/mol. The summed E-state index contributed by atoms with van der Waals surface area (Å²) in [6.07, 6.45) is -4.81. The van der Waals surface area contributed by atoms with Crippen molar-refractivity contribution in [1.82, 2.24) is 9.80 Å². The van der Waals surface area contributed by atoms with E-state index < -0.39 is 23.8 Å². The molecule has 0 aromatic heterocycles. The van der Waals surface area contributed by atoms with Crippen LogP contribution in [0.3, 0.4) is 0 Å². The number of alkyl halides is 3. The van der Waals surface area contributed by atoms with E-state index in [4.69, 9.17) is 4.74 Å². The van der Waals surface area contributed by atoms with Gasteiger partial charge in [0, 0.05) is 42.5 Å². The average Bonchev–Trinajstić information content (AvgIpc) is 3.12. The highest BCUT2D eigenvalue weighted by Crippen LogP contribution is 2.31. The number of ether oxygens (including phenoxy) is 1. The number of urea groups is 1. The maximum Gasteiger partial charge on any atom is 0.416 e. The van der Waals surface area contributed by atoms with Gasteiger partial charge in [0.2, 0.25) is 5.91 Å². The first-order valence-corrected chi connectivity index (χ1v) is 16.2. The molecule has 1 aliphatic heterocycles. The Labute approximate surface area is 284 Å². The van der Waals surface area contributed by atoms with Crippen molar-refractivity contribution >= 4 is 23.3 Å². The molecular weight excluding hydrogens is 633 g/mol. The number of nitrogens with zero attached hydrogens (tertiary/aromatic N) is 2. The Morgan fingerprint density at radius 3 is 2.24 bits per heavy atom. The number of anilines is 2. The largest absolute Gasteiger partial charge is 0.488 e. The molecule has 11 heteroatoms. The highest BCUT2D eigenvalue weighted by molar-refractivity contribution is 6.00. The summed E-state index contributed by atoms with van der Waals surface area (Å²) >= 11 is 0. The van der Waals surface area contributed by atoms with Crippen LogP contribution in [0.5, 0.6) is 5.75 Å². The van der Waals surface area contributed by atoms with E-state index in [9.17, 15) is 27.9 Å². The summed E-state index contributed by atoms with van der Waals surface area (Å²) in [5, 5.41) is 15.2. The molecule has 8 nitrogen and oxygen atoms in total. The number of halogens is 3. The SMILES string of the molecule is C[C@H](CO)N1C[C@H](C)[C@H](CN(C)Cc2ccc(-c3ccccc3)cc2)Oc2ccc(NC(=O)Nc3ccc(C(F)(F)F)cc3)cc2CC1=O. The summed E-state index contributed by atoms with van der Waals surface area (Å²) in [4.78, 5) is 30.2. The average molecular weight is 675 g/mol. The van der Waals surface area contributed by atoms with Crippen LogP contribution in [0.15, 0.2) is 97.1 Å². The molecule has 1 aliphatic rings. The molecule has 0 fully saturated rings. The van der Waals surface area contributed by atoms with E-state index in [1.807, 2.05) is 32.2 Å². The fraction of sp³-hybridized carbons (Fsp3) is 0.316. The Morgan fingerprint density at radius 1 is 0.959 bits per heavy atom. The number of likely N-dealkylation sites (N-methyl/N-ethyl adjacent to an activating group) is 1. The standard InChI is InChI=1S/C38H41F3N4O4/c1-25-21-45(26(2)24-46)36(47)20-30-19-33(43-37(48)42-32-15-13-31(14-16-32)38(39,40)41)17-18-34(30)49-35(25)23-44(3)22-27-9-11-29(12-10-27)28-7-5-4-6-8-28/h4-19,25-26,35,46H,20-24H2,1-3H3,(H2,42,43,48)/t25-,26+,35-/m0/s1. The number of hydrogen-bond acceptors (Lipinski definition) is 5. The van der Waals surface area contributed by atoms with Gasteiger partial charge in [-0.3, -0.25) is 9.69 Å². The van der Waals surface area contributed by atoms with Gasteiger partial charge in [0.05, 0.1) is 24.6 Å². The van der Waals surface area contributed by atoms with Crippen LogP contribution in [-0.2, 0) is 23.9 Å². The smallest absolute Gasteiger partial charge is 0.416 e. The van der Waals surface area contributed by atoms with Gasteiger partial charge in [0.15, 0.2) is 0 Å². The summed E-state index contributed by atoms with van der Waals surface area (Å²) in [6.45, 7) is 5.27. The normalized spacial score (nSPS) is 17.3. The van der Waals surface area contributed by atoms with Gasteiger partial charge in [-0.2, -0.15) is 13.2 Å². The van der Waals surface area contributed by atoms with Crippen molar-refractivity contribution in [1.29, 1.82) is 0 Å². The first-order valence-electron chi connectivity index (χ1n) is 16.2. The van der Waals surface area contributed by atoms with Crippen molar-refractivity contribution in [3.05, 3.63) is 114 Å². The molecule has 4 aromatic carbocycles. The molecule has 5 rings (SSSR count). The number of fused-ring (bicyclic) bond motifs is 1. The molecule has 258 valence electrons. The van der Waals surface area contributed by atoms with Gasteiger partial charge in [0.1, 0.15) is 11.9 Å². The fourth-order valence-corrected chi connectivity index (χ4v) is 5.88. The van der Waals surface area contributed by atoms with Crippen molar-refractivity contribution in [2.45, 2.75) is 45.1 Å². The van der Waals surface area contributed by atoms with Gasteiger partial charge < -0.3 is 25.4 Å². The summed E-state index contributed by atoms with van der Waals surface area (Å²) < 4.78 is 45.3. The van der Waals surface area contributed by atoms with Crippen LogP contribution < -0.4 is 15.4 Å². The molecule has 0 aliphatic carbocycles. The minimum Gasteiger partial charge on any atom is -0.488 e. The first-order chi connectivity index (χ1) is 23.4. The van der Waals surface area contributed by atoms with E-state index in [2.05, 4.69) is 51.9 Å². The number of carbonyl (C=O) groups is 2. The summed E-state index contributed by atoms with van der Waals surface area (Å²) in [7, 11) is 2.02. The van der Waals surface area contributed by atoms with Crippen LogP contribution in [0.2, 0.25) is 0 Å². The molecule has 0 unspecified atom stereocenters. The van der Waals surface area contributed by atoms with E-state index in [0.29, 0.717) is 36.6 Å². The van der Waals surface area contributed by atoms with Gasteiger partial charge in [-0.25, -0.2) is 4.79 Å². The van der Waals surface area contributed by atoms with E-state index in [1.54, 1.807) is 30.0 Å². The van der Waals surface area contributed by atoms with Crippen molar-refractivity contribution in [2.75, 3.05) is 37.4 Å². The predicted molar refractivity (Wildman–Crippen MR) is 184 cm³/mol. The zero-order chi connectivity index (χ0) is 35.1. The molecule has 1 heterocycles. The lowest BCUT2D eigenvalue weighted by Gasteiger charge is -2.34. The second kappa shape index (κ2) is 15.6. The molecule has 3 amide bonds. The van der Waals surface area contributed by atoms with Gasteiger partial charge in [-0.15, -0.1) is 0 Å². The highest BCUT2D eigenvalue weighted by Gasteiger charge is 2.32. The van der Waals surface area contributed by atoms with Crippen LogP contribution in [0.1, 0.15) is 30.5 Å². The lowest BCUT2D eigenvalue weighted by molar-refractivity contribution is -0.137. The van der Waals surface area contributed by atoms with E-state index in [0.717, 1.165) is 28.8 Å². The second-order valence-corrected chi connectivity index (χ2v) is 12.6. The fourth-order valence-electron chi connectivity index (χ4n) is 5.88. The predicted octanol–water partition coefficient (Wildman–Crippen LogP) is 7.30. The molecule has 4 aromatic rings. The Bertz CT molecular complexity index is 1720. The summed E-state index contributed by atoms with van der Waals surface area (Å²) in [6, 6.07) is 26.8. The maximum atomic E-state index is 13.6. The molecule has 0 saturated carbocycles. The van der Waals surface area contributed by atoms with Crippen LogP contribution in [0.4, 0.5) is 29.3 Å². The number of nitrogens with one attached hydrogen (secondary N) is 2. The number of amides is 3. The molecule has 0 radical (unpaired) electrons. The van der Waals surface area contributed by atoms with Crippen molar-refractivity contribution < 1.29 is 32.6 Å². The number of carbonyl (C=O) groups excluding carboxylic acids is 2. The topological polar surface area (TPSA) is 94.1 Å². The van der Waals surface area contributed by atoms with Crippen molar-refractivity contribution in [2.24, 2.45) is 5.92 Å². The van der Waals surface area contributed by atoms with Gasteiger partial charge >= 0.3 is 12.2 Å². The molecular formula is C38H41F3N4O4. The lowest BCUT2D eigenvalue weighted by Crippen LogP contribution is -2.47. The Hall–Kier alpha value is -4.87. The van der Waals surface area contributed by atoms with Crippen LogP contribution in [-0.4, -0.2) is 65.7 Å². The van der Waals surface area contributed by atoms with Crippen LogP contribution in [0.25, 0.3) is 11.1 Å². The third-order valence-corrected chi connectivity index (χ3v) is 8.65. The number of benzene rings is 4. The lowest BCUT2D eigenvalue weighted by atomic mass is 10.0. The van der Waals surface area contributed by atoms with Crippen LogP contribution in [0, 0.1) is 5.92 Å². The summed E-state index contributed by atoms with van der Waals surface area (Å²) in [5.74, 6) is 0.245. The van der Waals surface area contributed by atoms with E-state index >= 15 is 0 Å². The van der Waals surface area contributed by atoms with E-state index in [-0.39, 0.29) is 36.6 Å². The maximum absolute atomic E-state index is 13.6. The Balaban J connectivity index is 1.31. The third kappa shape index (κ3) is 9.39. The third-order valence-electron chi connectivity index (χ3n) is 8.65. The number of aliphatic hydroxyl groups is 1. The molecule has 0 saturated heterocycles. The van der Waals surface area contributed by atoms with Gasteiger partial charge in [-0.05, 0) is 73.1 Å². The minimum absolute atomic E-state index is 0.0151. The summed E-state index contributed by atoms with van der Waals surface area (Å²) in [5.41, 5.74) is 3.75. The number of rotatable bonds is 9. The molecule has 3 N–H and O–H groups in total. The number of aliphatic hydroxyl groups excluding tert-OH is 1. The first kappa shape index (κ1) is 35.4. The van der Waals surface area contributed by atoms with Crippen molar-refractivity contribution in [3.8, 4) is 16.9 Å².